The molecule has 1 aromatic heterocycles. The summed E-state index contributed by atoms with van der Waals surface area (Å²) in [6.45, 7) is 4.21. The number of rotatable bonds is 3. The van der Waals surface area contributed by atoms with Crippen LogP contribution in [0.3, 0.4) is 0 Å². The second-order valence-electron chi connectivity index (χ2n) is 7.50. The third-order valence-electron chi connectivity index (χ3n) is 5.56. The molecule has 0 radical (unpaired) electrons. The Kier molecular flexibility index (Phi) is 4.29. The molecule has 26 heavy (non-hydrogen) atoms. The van der Waals surface area contributed by atoms with Crippen LogP contribution in [0.1, 0.15) is 45.8 Å². The number of likely N-dealkylation sites (tertiary alicyclic amines) is 1. The summed E-state index contributed by atoms with van der Waals surface area (Å²) in [5.74, 6) is 6.76. The van der Waals surface area contributed by atoms with Crippen molar-refractivity contribution >= 4 is 16.7 Å². The highest BCUT2D eigenvalue weighted by atomic mass is 16.1. The number of ketones is 1. The lowest BCUT2D eigenvalue weighted by Gasteiger charge is -2.28. The molecule has 0 spiro atoms. The van der Waals surface area contributed by atoms with E-state index in [9.17, 15) is 4.79 Å². The first-order valence-electron chi connectivity index (χ1n) is 9.23. The van der Waals surface area contributed by atoms with E-state index < -0.39 is 0 Å². The summed E-state index contributed by atoms with van der Waals surface area (Å²) < 4.78 is 1.70. The topological polar surface area (TPSA) is 51.3 Å². The van der Waals surface area contributed by atoms with Crippen molar-refractivity contribution in [2.24, 2.45) is 0 Å². The number of aromatic nitrogens is 1. The number of carbonyl (C=O) groups is 1. The van der Waals surface area contributed by atoms with E-state index in [1.807, 2.05) is 55.6 Å². The molecule has 134 valence electrons. The number of hydrogen-bond donors (Lipinski definition) is 1. The van der Waals surface area contributed by atoms with Gasteiger partial charge in [0.15, 0.2) is 5.78 Å². The number of aryl methyl sites for hydroxylation is 1. The van der Waals surface area contributed by atoms with Gasteiger partial charge in [-0.2, -0.15) is 0 Å². The first-order chi connectivity index (χ1) is 12.5. The molecule has 2 N–H and O–H groups in total. The summed E-state index contributed by atoms with van der Waals surface area (Å²) in [5.41, 5.74) is 4.81. The maximum atomic E-state index is 12.9. The van der Waals surface area contributed by atoms with Crippen molar-refractivity contribution in [3.8, 4) is 0 Å². The highest BCUT2D eigenvalue weighted by Crippen LogP contribution is 2.34. The minimum absolute atomic E-state index is 0.0645. The highest BCUT2D eigenvalue weighted by molar-refractivity contribution is 6.10. The number of piperidine rings is 1. The lowest BCUT2D eigenvalue weighted by atomic mass is 9.88. The lowest BCUT2D eigenvalue weighted by molar-refractivity contribution is 0.103. The fraction of sp³-hybridized carbons (Fsp3) is 0.318. The van der Waals surface area contributed by atoms with Gasteiger partial charge in [0.1, 0.15) is 0 Å². The molecule has 1 saturated heterocycles. The van der Waals surface area contributed by atoms with Gasteiger partial charge < -0.3 is 10.7 Å². The van der Waals surface area contributed by atoms with Crippen LogP contribution in [-0.2, 0) is 0 Å². The predicted octanol–water partition coefficient (Wildman–Crippen LogP) is 3.70. The summed E-state index contributed by atoms with van der Waals surface area (Å²) in [6.07, 6.45) is 4.30. The van der Waals surface area contributed by atoms with Crippen LogP contribution in [0.25, 0.3) is 10.9 Å². The van der Waals surface area contributed by atoms with Gasteiger partial charge in [-0.1, -0.05) is 23.8 Å². The monoisotopic (exact) mass is 347 g/mol. The summed E-state index contributed by atoms with van der Waals surface area (Å²) in [6, 6.07) is 13.6. The molecular weight excluding hydrogens is 322 g/mol. The van der Waals surface area contributed by atoms with Gasteiger partial charge in [-0.05, 0) is 75.6 Å². The minimum Gasteiger partial charge on any atom is -0.339 e. The van der Waals surface area contributed by atoms with E-state index in [-0.39, 0.29) is 5.78 Å². The van der Waals surface area contributed by atoms with Crippen LogP contribution in [0.2, 0.25) is 0 Å². The number of carbonyl (C=O) groups excluding carboxylic acids is 1. The van der Waals surface area contributed by atoms with E-state index >= 15 is 0 Å². The SMILES string of the molecule is Cc1cccc(C(=O)c2ccc3c(c2)c(C2CCN(C)CC2)cn3N)c1. The van der Waals surface area contributed by atoms with Gasteiger partial charge >= 0.3 is 0 Å². The first-order valence-corrected chi connectivity index (χ1v) is 9.23. The molecule has 4 heteroatoms. The van der Waals surface area contributed by atoms with Crippen LogP contribution in [0.5, 0.6) is 0 Å². The predicted molar refractivity (Wildman–Crippen MR) is 106 cm³/mol. The smallest absolute Gasteiger partial charge is 0.193 e. The summed E-state index contributed by atoms with van der Waals surface area (Å²) in [5, 5.41) is 1.11. The Labute approximate surface area is 154 Å². The molecule has 0 amide bonds. The van der Waals surface area contributed by atoms with Crippen molar-refractivity contribution in [1.82, 2.24) is 9.58 Å². The Morgan fingerprint density at radius 1 is 1.08 bits per heavy atom. The third kappa shape index (κ3) is 3.01. The van der Waals surface area contributed by atoms with E-state index in [1.54, 1.807) is 4.68 Å². The molecule has 4 rings (SSSR count). The van der Waals surface area contributed by atoms with E-state index in [2.05, 4.69) is 11.9 Å². The van der Waals surface area contributed by atoms with Gasteiger partial charge in [-0.3, -0.25) is 9.47 Å². The molecule has 0 atom stereocenters. The number of nitrogens with zero attached hydrogens (tertiary/aromatic N) is 2. The Hall–Kier alpha value is -2.59. The Balaban J connectivity index is 1.74. The number of hydrogen-bond acceptors (Lipinski definition) is 3. The first kappa shape index (κ1) is 16.9. The van der Waals surface area contributed by atoms with Crippen molar-refractivity contribution in [3.05, 3.63) is 70.9 Å². The van der Waals surface area contributed by atoms with Crippen molar-refractivity contribution in [2.75, 3.05) is 26.0 Å². The van der Waals surface area contributed by atoms with Crippen molar-refractivity contribution in [1.29, 1.82) is 0 Å². The Morgan fingerprint density at radius 3 is 2.54 bits per heavy atom. The van der Waals surface area contributed by atoms with E-state index in [1.165, 1.54) is 5.56 Å². The molecule has 1 aliphatic heterocycles. The number of nitrogen functional groups attached to an aromatic ring is 1. The molecule has 1 fully saturated rings. The van der Waals surface area contributed by atoms with Gasteiger partial charge in [0.2, 0.25) is 0 Å². The molecule has 4 nitrogen and oxygen atoms in total. The summed E-state index contributed by atoms with van der Waals surface area (Å²) >= 11 is 0. The Morgan fingerprint density at radius 2 is 1.81 bits per heavy atom. The third-order valence-corrected chi connectivity index (χ3v) is 5.56. The average molecular weight is 347 g/mol. The molecule has 2 heterocycles. The van der Waals surface area contributed by atoms with Gasteiger partial charge in [-0.25, -0.2) is 0 Å². The molecule has 1 aliphatic rings. The molecule has 0 unspecified atom stereocenters. The zero-order valence-electron chi connectivity index (χ0n) is 15.4. The number of benzene rings is 2. The largest absolute Gasteiger partial charge is 0.339 e. The fourth-order valence-electron chi connectivity index (χ4n) is 4.02. The van der Waals surface area contributed by atoms with Gasteiger partial charge in [0, 0.05) is 22.7 Å². The van der Waals surface area contributed by atoms with E-state index in [0.717, 1.165) is 53.5 Å². The molecule has 2 aromatic carbocycles. The fourth-order valence-corrected chi connectivity index (χ4v) is 4.02. The van der Waals surface area contributed by atoms with Crippen LogP contribution in [0.15, 0.2) is 48.7 Å². The Bertz CT molecular complexity index is 965. The number of fused-ring (bicyclic) bond motifs is 1. The van der Waals surface area contributed by atoms with Crippen LogP contribution < -0.4 is 5.84 Å². The van der Waals surface area contributed by atoms with Gasteiger partial charge in [0.25, 0.3) is 0 Å². The van der Waals surface area contributed by atoms with Crippen molar-refractivity contribution < 1.29 is 4.79 Å². The van der Waals surface area contributed by atoms with Crippen molar-refractivity contribution in [2.45, 2.75) is 25.7 Å². The molecule has 0 aliphatic carbocycles. The van der Waals surface area contributed by atoms with E-state index in [0.29, 0.717) is 5.92 Å². The maximum Gasteiger partial charge on any atom is 0.193 e. The quantitative estimate of drug-likeness (QED) is 0.580. The average Bonchev–Trinajstić information content (AvgIpc) is 2.98. The normalized spacial score (nSPS) is 16.2. The maximum absolute atomic E-state index is 12.9. The lowest BCUT2D eigenvalue weighted by Crippen LogP contribution is -2.29. The zero-order chi connectivity index (χ0) is 18.3. The van der Waals surface area contributed by atoms with Gasteiger partial charge in [0.05, 0.1) is 5.52 Å². The standard InChI is InChI=1S/C22H25N3O/c1-15-4-3-5-17(12-15)22(26)18-6-7-21-19(13-18)20(14-25(21)23)16-8-10-24(2)11-9-16/h3-7,12-14,16H,8-11,23H2,1-2H3. The van der Waals surface area contributed by atoms with Crippen molar-refractivity contribution in [3.63, 3.8) is 0 Å². The zero-order valence-corrected chi connectivity index (χ0v) is 15.4. The number of nitrogens with two attached hydrogens (primary N) is 1. The minimum atomic E-state index is 0.0645. The van der Waals surface area contributed by atoms with Crippen LogP contribution >= 0.6 is 0 Å². The molecule has 0 saturated carbocycles. The molecular formula is C22H25N3O. The van der Waals surface area contributed by atoms with Gasteiger partial charge in [-0.15, -0.1) is 0 Å². The summed E-state index contributed by atoms with van der Waals surface area (Å²) in [4.78, 5) is 15.3. The van der Waals surface area contributed by atoms with Crippen LogP contribution in [-0.4, -0.2) is 35.5 Å². The second-order valence-corrected chi connectivity index (χ2v) is 7.50. The second kappa shape index (κ2) is 6.61. The molecule has 3 aromatic rings. The van der Waals surface area contributed by atoms with Crippen LogP contribution in [0, 0.1) is 6.92 Å². The highest BCUT2D eigenvalue weighted by Gasteiger charge is 2.23. The van der Waals surface area contributed by atoms with Crippen LogP contribution in [0.4, 0.5) is 0 Å². The van der Waals surface area contributed by atoms with E-state index in [4.69, 9.17) is 5.84 Å². The summed E-state index contributed by atoms with van der Waals surface area (Å²) in [7, 11) is 2.17. The molecule has 0 bridgehead atoms.